The van der Waals surface area contributed by atoms with E-state index in [4.69, 9.17) is 0 Å². The highest BCUT2D eigenvalue weighted by Gasteiger charge is 2.22. The van der Waals surface area contributed by atoms with E-state index in [1.54, 1.807) is 0 Å². The zero-order chi connectivity index (χ0) is 15.4. The van der Waals surface area contributed by atoms with Crippen molar-refractivity contribution in [2.24, 2.45) is 0 Å². The molecule has 0 unspecified atom stereocenters. The van der Waals surface area contributed by atoms with Crippen molar-refractivity contribution in [3.05, 3.63) is 44.0 Å². The van der Waals surface area contributed by atoms with Gasteiger partial charge in [0.05, 0.1) is 21.5 Å². The molecule has 8 nitrogen and oxygen atoms in total. The van der Waals surface area contributed by atoms with E-state index < -0.39 is 27.1 Å². The predicted molar refractivity (Wildman–Crippen MR) is 74.1 cm³/mol. The number of benzene rings is 1. The van der Waals surface area contributed by atoms with Gasteiger partial charge in [-0.05, 0) is 12.8 Å². The maximum Gasteiger partial charge on any atom is 0.277 e. The minimum Gasteiger partial charge on any atom is -0.349 e. The predicted octanol–water partition coefficient (Wildman–Crippen LogP) is 2.57. The smallest absolute Gasteiger partial charge is 0.277 e. The number of carbonyl (C=O) groups excluding carboxylic acids is 1. The van der Waals surface area contributed by atoms with E-state index in [1.807, 2.05) is 0 Å². The van der Waals surface area contributed by atoms with Gasteiger partial charge in [0.15, 0.2) is 0 Å². The highest BCUT2D eigenvalue weighted by molar-refractivity contribution is 5.95. The Labute approximate surface area is 120 Å². The lowest BCUT2D eigenvalue weighted by Crippen LogP contribution is -2.36. The summed E-state index contributed by atoms with van der Waals surface area (Å²) in [6, 6.07) is 3.00. The van der Waals surface area contributed by atoms with Crippen molar-refractivity contribution in [3.8, 4) is 0 Å². The van der Waals surface area contributed by atoms with Gasteiger partial charge in [-0.3, -0.25) is 25.0 Å². The summed E-state index contributed by atoms with van der Waals surface area (Å²) < 4.78 is 0. The second kappa shape index (κ2) is 6.29. The number of nitrogens with zero attached hydrogens (tertiary/aromatic N) is 2. The van der Waals surface area contributed by atoms with E-state index in [0.29, 0.717) is 0 Å². The van der Waals surface area contributed by atoms with Crippen LogP contribution in [0, 0.1) is 20.2 Å². The highest BCUT2D eigenvalue weighted by atomic mass is 16.6. The minimum atomic E-state index is -0.746. The van der Waals surface area contributed by atoms with Crippen molar-refractivity contribution in [2.75, 3.05) is 0 Å². The summed E-state index contributed by atoms with van der Waals surface area (Å²) in [5, 5.41) is 24.4. The summed E-state index contributed by atoms with van der Waals surface area (Å²) in [5.74, 6) is -0.506. The van der Waals surface area contributed by atoms with Crippen molar-refractivity contribution in [3.63, 3.8) is 0 Å². The number of amides is 1. The molecule has 1 aliphatic rings. The molecule has 21 heavy (non-hydrogen) atoms. The molecule has 0 spiro atoms. The van der Waals surface area contributed by atoms with Crippen LogP contribution in [0.25, 0.3) is 0 Å². The molecule has 1 aromatic rings. The van der Waals surface area contributed by atoms with Crippen LogP contribution in [0.4, 0.5) is 11.4 Å². The molecule has 0 aliphatic heterocycles. The van der Waals surface area contributed by atoms with Crippen molar-refractivity contribution in [1.82, 2.24) is 5.32 Å². The molecule has 0 saturated heterocycles. The van der Waals surface area contributed by atoms with E-state index in [9.17, 15) is 25.0 Å². The molecule has 0 atom stereocenters. The fourth-order valence-corrected chi connectivity index (χ4v) is 2.45. The van der Waals surface area contributed by atoms with Gasteiger partial charge in [0.2, 0.25) is 0 Å². The largest absolute Gasteiger partial charge is 0.349 e. The van der Waals surface area contributed by atoms with Crippen LogP contribution >= 0.6 is 0 Å². The van der Waals surface area contributed by atoms with Gasteiger partial charge in [-0.2, -0.15) is 0 Å². The van der Waals surface area contributed by atoms with E-state index >= 15 is 0 Å². The molecule has 1 fully saturated rings. The molecular weight excluding hydrogens is 278 g/mol. The van der Waals surface area contributed by atoms with Crippen molar-refractivity contribution in [2.45, 2.75) is 38.1 Å². The molecular formula is C13H15N3O5. The number of hydrogen-bond donors (Lipinski definition) is 1. The molecule has 1 N–H and O–H groups in total. The van der Waals surface area contributed by atoms with Gasteiger partial charge in [-0.25, -0.2) is 0 Å². The molecule has 8 heteroatoms. The van der Waals surface area contributed by atoms with Crippen molar-refractivity contribution < 1.29 is 14.6 Å². The van der Waals surface area contributed by atoms with E-state index in [0.717, 1.165) is 50.3 Å². The molecule has 0 radical (unpaired) electrons. The summed E-state index contributed by atoms with van der Waals surface area (Å²) in [4.78, 5) is 32.2. The summed E-state index contributed by atoms with van der Waals surface area (Å²) in [5.41, 5.74) is -0.975. The molecule has 112 valence electrons. The van der Waals surface area contributed by atoms with Crippen LogP contribution < -0.4 is 5.32 Å². The first-order valence-electron chi connectivity index (χ1n) is 6.72. The second-order valence-electron chi connectivity index (χ2n) is 5.06. The van der Waals surface area contributed by atoms with Gasteiger partial charge in [-0.1, -0.05) is 19.3 Å². The number of nitro groups is 2. The molecule has 1 saturated carbocycles. The molecule has 0 bridgehead atoms. The number of non-ortho nitro benzene ring substituents is 2. The number of nitrogens with one attached hydrogen (secondary N) is 1. The number of carbonyl (C=O) groups is 1. The van der Waals surface area contributed by atoms with Crippen LogP contribution in [0.3, 0.4) is 0 Å². The number of nitro benzene ring substituents is 2. The Bertz CT molecular complexity index is 549. The van der Waals surface area contributed by atoms with Crippen LogP contribution in [0.1, 0.15) is 42.5 Å². The first-order chi connectivity index (χ1) is 9.97. The Balaban J connectivity index is 2.22. The third-order valence-electron chi connectivity index (χ3n) is 3.53. The quantitative estimate of drug-likeness (QED) is 0.676. The SMILES string of the molecule is O=C(NC1CCCCC1)c1cc([N+](=O)[O-])cc([N+](=O)[O-])c1. The summed E-state index contributed by atoms with van der Waals surface area (Å²) >= 11 is 0. The average molecular weight is 293 g/mol. The van der Waals surface area contributed by atoms with Crippen LogP contribution in [-0.4, -0.2) is 21.8 Å². The third-order valence-corrected chi connectivity index (χ3v) is 3.53. The fraction of sp³-hybridized carbons (Fsp3) is 0.462. The third kappa shape index (κ3) is 3.74. The second-order valence-corrected chi connectivity index (χ2v) is 5.06. The minimum absolute atomic E-state index is 0.0320. The Hall–Kier alpha value is -2.51. The lowest BCUT2D eigenvalue weighted by molar-refractivity contribution is -0.394. The average Bonchev–Trinajstić information content (AvgIpc) is 2.47. The molecule has 0 heterocycles. The Kier molecular flexibility index (Phi) is 4.46. The zero-order valence-electron chi connectivity index (χ0n) is 11.3. The first kappa shape index (κ1) is 14.9. The summed E-state index contributed by atoms with van der Waals surface area (Å²) in [7, 11) is 0. The van der Waals surface area contributed by atoms with Gasteiger partial charge in [0.25, 0.3) is 17.3 Å². The summed E-state index contributed by atoms with van der Waals surface area (Å²) in [6.07, 6.45) is 4.92. The fourth-order valence-electron chi connectivity index (χ4n) is 2.45. The molecule has 0 aromatic heterocycles. The van der Waals surface area contributed by atoms with Gasteiger partial charge >= 0.3 is 0 Å². The van der Waals surface area contributed by atoms with Crippen LogP contribution in [0.2, 0.25) is 0 Å². The standard InChI is InChI=1S/C13H15N3O5/c17-13(14-10-4-2-1-3-5-10)9-6-11(15(18)19)8-12(7-9)16(20)21/h6-8,10H,1-5H2,(H,14,17). The number of hydrogen-bond acceptors (Lipinski definition) is 5. The Morgan fingerprint density at radius 3 is 2.00 bits per heavy atom. The molecule has 1 amide bonds. The van der Waals surface area contributed by atoms with E-state index in [1.165, 1.54) is 0 Å². The van der Waals surface area contributed by atoms with Gasteiger partial charge in [0.1, 0.15) is 0 Å². The van der Waals surface area contributed by atoms with Gasteiger partial charge in [0, 0.05) is 18.2 Å². The lowest BCUT2D eigenvalue weighted by Gasteiger charge is -2.22. The monoisotopic (exact) mass is 293 g/mol. The van der Waals surface area contributed by atoms with Crippen molar-refractivity contribution in [1.29, 1.82) is 0 Å². The Morgan fingerprint density at radius 2 is 1.52 bits per heavy atom. The maximum absolute atomic E-state index is 12.1. The highest BCUT2D eigenvalue weighted by Crippen LogP contribution is 2.23. The van der Waals surface area contributed by atoms with Gasteiger partial charge < -0.3 is 5.32 Å². The van der Waals surface area contributed by atoms with E-state index in [2.05, 4.69) is 5.32 Å². The molecule has 1 aliphatic carbocycles. The van der Waals surface area contributed by atoms with E-state index in [-0.39, 0.29) is 11.6 Å². The topological polar surface area (TPSA) is 115 Å². The Morgan fingerprint density at radius 1 is 1.00 bits per heavy atom. The molecule has 2 rings (SSSR count). The number of rotatable bonds is 4. The zero-order valence-corrected chi connectivity index (χ0v) is 11.3. The summed E-state index contributed by atoms with van der Waals surface area (Å²) in [6.45, 7) is 0. The lowest BCUT2D eigenvalue weighted by atomic mass is 9.95. The van der Waals surface area contributed by atoms with Crippen LogP contribution in [0.15, 0.2) is 18.2 Å². The van der Waals surface area contributed by atoms with Crippen LogP contribution in [-0.2, 0) is 0 Å². The van der Waals surface area contributed by atoms with Crippen molar-refractivity contribution >= 4 is 17.3 Å². The normalized spacial score (nSPS) is 15.4. The molecule has 1 aromatic carbocycles. The van der Waals surface area contributed by atoms with Crippen LogP contribution in [0.5, 0.6) is 0 Å². The first-order valence-corrected chi connectivity index (χ1v) is 6.72. The maximum atomic E-state index is 12.1. The van der Waals surface area contributed by atoms with Gasteiger partial charge in [-0.15, -0.1) is 0 Å².